The van der Waals surface area contributed by atoms with Crippen molar-refractivity contribution in [2.75, 3.05) is 5.32 Å². The number of nitrogens with zero attached hydrogens (tertiary/aromatic N) is 2. The first kappa shape index (κ1) is 15.4. The Kier molecular flexibility index (Phi) is 3.95. The first-order valence-electron chi connectivity index (χ1n) is 7.57. The van der Waals surface area contributed by atoms with E-state index in [1.807, 2.05) is 24.3 Å². The maximum absolute atomic E-state index is 13.0. The molecule has 1 N–H and O–H groups in total. The Morgan fingerprint density at radius 2 is 1.92 bits per heavy atom. The third-order valence-corrected chi connectivity index (χ3v) is 4.58. The minimum absolute atomic E-state index is 0.284. The van der Waals surface area contributed by atoms with Gasteiger partial charge in [-0.25, -0.2) is 9.37 Å². The lowest BCUT2D eigenvalue weighted by Crippen LogP contribution is -2.12. The first-order chi connectivity index (χ1) is 12.2. The molecule has 4 nitrogen and oxygen atoms in total. The van der Waals surface area contributed by atoms with Crippen LogP contribution in [0.15, 0.2) is 66.2 Å². The fourth-order valence-corrected chi connectivity index (χ4v) is 3.26. The van der Waals surface area contributed by atoms with Crippen LogP contribution in [0.5, 0.6) is 0 Å². The van der Waals surface area contributed by atoms with E-state index < -0.39 is 0 Å². The number of hydrogen-bond acceptors (Lipinski definition) is 4. The minimum atomic E-state index is -0.302. The van der Waals surface area contributed by atoms with Gasteiger partial charge >= 0.3 is 0 Å². The average Bonchev–Trinajstić information content (AvgIpc) is 3.12. The number of anilines is 1. The molecule has 6 heteroatoms. The summed E-state index contributed by atoms with van der Waals surface area (Å²) in [7, 11) is 0. The predicted molar refractivity (Wildman–Crippen MR) is 97.2 cm³/mol. The molecule has 4 rings (SSSR count). The van der Waals surface area contributed by atoms with Crippen molar-refractivity contribution in [1.29, 1.82) is 0 Å². The van der Waals surface area contributed by atoms with Crippen molar-refractivity contribution >= 4 is 33.8 Å². The third kappa shape index (κ3) is 3.25. The zero-order valence-electron chi connectivity index (χ0n) is 12.9. The predicted octanol–water partition coefficient (Wildman–Crippen LogP) is 4.75. The molecular weight excluding hydrogens is 337 g/mol. The summed E-state index contributed by atoms with van der Waals surface area (Å²) in [4.78, 5) is 21.0. The van der Waals surface area contributed by atoms with E-state index in [1.54, 1.807) is 29.8 Å². The van der Waals surface area contributed by atoms with Crippen LogP contribution in [-0.2, 0) is 0 Å². The molecule has 0 bridgehead atoms. The Bertz CT molecular complexity index is 1060. The third-order valence-electron chi connectivity index (χ3n) is 3.69. The average molecular weight is 349 g/mol. The SMILES string of the molecule is O=C(Nc1ccc2ncccc2c1)c1csc(-c2ccc(F)cc2)n1. The van der Waals surface area contributed by atoms with Crippen LogP contribution >= 0.6 is 11.3 Å². The molecule has 1 amide bonds. The zero-order chi connectivity index (χ0) is 17.2. The van der Waals surface area contributed by atoms with Crippen LogP contribution in [0.25, 0.3) is 21.5 Å². The number of carbonyl (C=O) groups is 1. The van der Waals surface area contributed by atoms with Gasteiger partial charge in [0.25, 0.3) is 5.91 Å². The molecule has 0 aliphatic carbocycles. The molecule has 2 heterocycles. The van der Waals surface area contributed by atoms with E-state index in [1.165, 1.54) is 23.5 Å². The van der Waals surface area contributed by atoms with Gasteiger partial charge in [-0.15, -0.1) is 11.3 Å². The highest BCUT2D eigenvalue weighted by molar-refractivity contribution is 7.13. The van der Waals surface area contributed by atoms with E-state index in [2.05, 4.69) is 15.3 Å². The highest BCUT2D eigenvalue weighted by Crippen LogP contribution is 2.24. The van der Waals surface area contributed by atoms with Crippen LogP contribution in [0.3, 0.4) is 0 Å². The molecule has 25 heavy (non-hydrogen) atoms. The monoisotopic (exact) mass is 349 g/mol. The summed E-state index contributed by atoms with van der Waals surface area (Å²) < 4.78 is 13.0. The second-order valence-electron chi connectivity index (χ2n) is 5.41. The fourth-order valence-electron chi connectivity index (χ4n) is 2.45. The quantitative estimate of drug-likeness (QED) is 0.581. The number of amides is 1. The molecule has 2 aromatic carbocycles. The Labute approximate surface area is 147 Å². The van der Waals surface area contributed by atoms with Crippen molar-refractivity contribution < 1.29 is 9.18 Å². The normalized spacial score (nSPS) is 10.8. The summed E-state index contributed by atoms with van der Waals surface area (Å²) in [5.41, 5.74) is 2.66. The molecule has 2 aromatic heterocycles. The van der Waals surface area contributed by atoms with Crippen LogP contribution in [-0.4, -0.2) is 15.9 Å². The Hall–Kier alpha value is -3.12. The summed E-state index contributed by atoms with van der Waals surface area (Å²) in [6, 6.07) is 15.4. The van der Waals surface area contributed by atoms with Crippen molar-refractivity contribution in [3.8, 4) is 10.6 Å². The summed E-state index contributed by atoms with van der Waals surface area (Å²) in [6.07, 6.45) is 1.73. The van der Waals surface area contributed by atoms with Gasteiger partial charge < -0.3 is 5.32 Å². The van der Waals surface area contributed by atoms with E-state index in [4.69, 9.17) is 0 Å². The largest absolute Gasteiger partial charge is 0.321 e. The van der Waals surface area contributed by atoms with E-state index >= 15 is 0 Å². The van der Waals surface area contributed by atoms with Crippen LogP contribution in [0, 0.1) is 5.82 Å². The molecule has 0 fully saturated rings. The molecule has 0 unspecified atom stereocenters. The Morgan fingerprint density at radius 3 is 2.76 bits per heavy atom. The number of nitrogens with one attached hydrogen (secondary N) is 1. The van der Waals surface area contributed by atoms with Gasteiger partial charge in [-0.2, -0.15) is 0 Å². The van der Waals surface area contributed by atoms with Gasteiger partial charge in [-0.1, -0.05) is 6.07 Å². The summed E-state index contributed by atoms with van der Waals surface area (Å²) in [6.45, 7) is 0. The van der Waals surface area contributed by atoms with E-state index in [9.17, 15) is 9.18 Å². The van der Waals surface area contributed by atoms with Crippen LogP contribution in [0.2, 0.25) is 0 Å². The standard InChI is InChI=1S/C19H12FN3OS/c20-14-5-3-12(4-6-14)19-23-17(11-25-19)18(24)22-15-7-8-16-13(10-15)2-1-9-21-16/h1-11H,(H,22,24). The molecule has 0 radical (unpaired) electrons. The number of thiazole rings is 1. The lowest BCUT2D eigenvalue weighted by molar-refractivity contribution is 0.102. The maximum atomic E-state index is 13.0. The highest BCUT2D eigenvalue weighted by Gasteiger charge is 2.12. The van der Waals surface area contributed by atoms with Crippen LogP contribution in [0.1, 0.15) is 10.5 Å². The van der Waals surface area contributed by atoms with Crippen LogP contribution in [0.4, 0.5) is 10.1 Å². The smallest absolute Gasteiger partial charge is 0.275 e. The van der Waals surface area contributed by atoms with Crippen molar-refractivity contribution in [2.24, 2.45) is 0 Å². The number of rotatable bonds is 3. The zero-order valence-corrected chi connectivity index (χ0v) is 13.8. The number of pyridine rings is 1. The van der Waals surface area contributed by atoms with Gasteiger partial charge in [0, 0.05) is 28.2 Å². The van der Waals surface area contributed by atoms with Crippen molar-refractivity contribution in [1.82, 2.24) is 9.97 Å². The second-order valence-corrected chi connectivity index (χ2v) is 6.27. The molecule has 4 aromatic rings. The van der Waals surface area contributed by atoms with Gasteiger partial charge in [0.15, 0.2) is 0 Å². The van der Waals surface area contributed by atoms with Crippen molar-refractivity contribution in [3.05, 3.63) is 77.7 Å². The fraction of sp³-hybridized carbons (Fsp3) is 0. The minimum Gasteiger partial charge on any atom is -0.321 e. The molecule has 0 spiro atoms. The van der Waals surface area contributed by atoms with Crippen molar-refractivity contribution in [3.63, 3.8) is 0 Å². The van der Waals surface area contributed by atoms with Gasteiger partial charge in [-0.05, 0) is 48.5 Å². The van der Waals surface area contributed by atoms with E-state index in [-0.39, 0.29) is 11.7 Å². The molecular formula is C19H12FN3OS. The lowest BCUT2D eigenvalue weighted by Gasteiger charge is -2.04. The van der Waals surface area contributed by atoms with Gasteiger partial charge in [-0.3, -0.25) is 9.78 Å². The first-order valence-corrected chi connectivity index (χ1v) is 8.45. The number of aromatic nitrogens is 2. The molecule has 122 valence electrons. The summed E-state index contributed by atoms with van der Waals surface area (Å²) >= 11 is 1.35. The van der Waals surface area contributed by atoms with Gasteiger partial charge in [0.2, 0.25) is 0 Å². The van der Waals surface area contributed by atoms with Gasteiger partial charge in [0.05, 0.1) is 5.52 Å². The topological polar surface area (TPSA) is 54.9 Å². The van der Waals surface area contributed by atoms with Crippen LogP contribution < -0.4 is 5.32 Å². The summed E-state index contributed by atoms with van der Waals surface area (Å²) in [5.74, 6) is -0.586. The highest BCUT2D eigenvalue weighted by atomic mass is 32.1. The lowest BCUT2D eigenvalue weighted by atomic mass is 10.2. The number of halogens is 1. The molecule has 0 aliphatic rings. The molecule has 0 atom stereocenters. The number of carbonyl (C=O) groups excluding carboxylic acids is 1. The maximum Gasteiger partial charge on any atom is 0.275 e. The molecule has 0 aliphatic heterocycles. The Balaban J connectivity index is 1.55. The Morgan fingerprint density at radius 1 is 1.08 bits per heavy atom. The molecule has 0 saturated heterocycles. The second kappa shape index (κ2) is 6.41. The number of benzene rings is 2. The van der Waals surface area contributed by atoms with E-state index in [0.717, 1.165) is 16.5 Å². The molecule has 0 saturated carbocycles. The van der Waals surface area contributed by atoms with Gasteiger partial charge in [0.1, 0.15) is 16.5 Å². The van der Waals surface area contributed by atoms with Crippen molar-refractivity contribution in [2.45, 2.75) is 0 Å². The number of fused-ring (bicyclic) bond motifs is 1. The number of hydrogen-bond donors (Lipinski definition) is 1. The summed E-state index contributed by atoms with van der Waals surface area (Å²) in [5, 5.41) is 6.16. The van der Waals surface area contributed by atoms with E-state index in [0.29, 0.717) is 16.4 Å².